The lowest BCUT2D eigenvalue weighted by molar-refractivity contribution is -0.193. The average molecular weight is 595 g/mol. The van der Waals surface area contributed by atoms with E-state index in [2.05, 4.69) is 50.7 Å². The molecule has 2 fully saturated rings. The van der Waals surface area contributed by atoms with Gasteiger partial charge in [-0.05, 0) is 48.9 Å². The number of likely N-dealkylation sites (tertiary alicyclic amines) is 1. The molecule has 1 aliphatic carbocycles. The molecule has 15 heteroatoms. The fourth-order valence-corrected chi connectivity index (χ4v) is 5.45. The summed E-state index contributed by atoms with van der Waals surface area (Å²) in [6.07, 6.45) is -2.44. The van der Waals surface area contributed by atoms with Crippen molar-refractivity contribution in [2.24, 2.45) is 7.05 Å². The fraction of sp³-hybridized carbons (Fsp3) is 0.577. The molecule has 0 amide bonds. The Bertz CT molecular complexity index is 1150. The molecule has 41 heavy (non-hydrogen) atoms. The molecule has 0 saturated carbocycles. The summed E-state index contributed by atoms with van der Waals surface area (Å²) in [5.41, 5.74) is 4.88. The van der Waals surface area contributed by atoms with Crippen LogP contribution in [-0.4, -0.2) is 93.2 Å². The second-order valence-corrected chi connectivity index (χ2v) is 10.1. The minimum absolute atomic E-state index is 0.364. The zero-order chi connectivity index (χ0) is 30.4. The van der Waals surface area contributed by atoms with Crippen molar-refractivity contribution in [3.63, 3.8) is 0 Å². The number of imidazole rings is 1. The molecule has 3 aliphatic rings. The van der Waals surface area contributed by atoms with Crippen LogP contribution in [0.5, 0.6) is 0 Å². The molecule has 1 aromatic heterocycles. The summed E-state index contributed by atoms with van der Waals surface area (Å²) in [6, 6.07) is 9.83. The Labute approximate surface area is 232 Å². The average Bonchev–Trinajstić information content (AvgIpc) is 3.46. The predicted octanol–water partition coefficient (Wildman–Crippen LogP) is 4.00. The molecule has 2 aromatic rings. The molecule has 1 aromatic carbocycles. The van der Waals surface area contributed by atoms with Crippen LogP contribution in [0.3, 0.4) is 0 Å². The first-order valence-corrected chi connectivity index (χ1v) is 12.8. The number of morpholine rings is 1. The number of carboxylic acid groups (broad SMARTS) is 2. The number of rotatable bonds is 3. The van der Waals surface area contributed by atoms with E-state index in [0.717, 1.165) is 32.8 Å². The van der Waals surface area contributed by atoms with E-state index in [1.165, 1.54) is 38.0 Å². The molecule has 0 radical (unpaired) electrons. The third kappa shape index (κ3) is 8.42. The highest BCUT2D eigenvalue weighted by molar-refractivity contribution is 5.73. The predicted molar refractivity (Wildman–Crippen MR) is 133 cm³/mol. The van der Waals surface area contributed by atoms with Crippen LogP contribution in [0.2, 0.25) is 0 Å². The van der Waals surface area contributed by atoms with Gasteiger partial charge in [-0.3, -0.25) is 9.80 Å². The Morgan fingerprint density at radius 3 is 2.00 bits per heavy atom. The summed E-state index contributed by atoms with van der Waals surface area (Å²) in [4.78, 5) is 27.3. The molecule has 1 spiro atoms. The second kappa shape index (κ2) is 13.2. The number of fused-ring (bicyclic) bond motifs is 2. The van der Waals surface area contributed by atoms with E-state index in [-0.39, 0.29) is 0 Å². The van der Waals surface area contributed by atoms with Gasteiger partial charge < -0.3 is 19.5 Å². The lowest BCUT2D eigenvalue weighted by atomic mass is 9.73. The highest BCUT2D eigenvalue weighted by atomic mass is 19.4. The summed E-state index contributed by atoms with van der Waals surface area (Å²) in [5, 5.41) is 14.2. The highest BCUT2D eigenvalue weighted by Gasteiger charge is 2.47. The molecule has 1 atom stereocenters. The molecular weight excluding hydrogens is 562 g/mol. The number of piperidine rings is 1. The second-order valence-electron chi connectivity index (χ2n) is 10.1. The van der Waals surface area contributed by atoms with Gasteiger partial charge in [-0.1, -0.05) is 24.3 Å². The van der Waals surface area contributed by atoms with Crippen molar-refractivity contribution in [3.8, 4) is 0 Å². The Morgan fingerprint density at radius 1 is 0.976 bits per heavy atom. The first kappa shape index (κ1) is 32.3. The number of ether oxygens (including phenoxy) is 1. The lowest BCUT2D eigenvalue weighted by Gasteiger charge is -2.41. The van der Waals surface area contributed by atoms with Gasteiger partial charge in [0.1, 0.15) is 0 Å². The van der Waals surface area contributed by atoms with Crippen molar-refractivity contribution in [1.82, 2.24) is 19.4 Å². The van der Waals surface area contributed by atoms with Crippen LogP contribution in [0.15, 0.2) is 36.8 Å². The van der Waals surface area contributed by atoms with E-state index in [1.807, 2.05) is 12.5 Å². The van der Waals surface area contributed by atoms with E-state index in [1.54, 1.807) is 11.1 Å². The summed E-state index contributed by atoms with van der Waals surface area (Å²) < 4.78 is 71.2. The quantitative estimate of drug-likeness (QED) is 0.514. The standard InChI is InChI=1S/C22H30N4O.2C2HF3O2/c1-24-17-23-15-18(24)16-25-8-6-22(7-9-25)14-21(26-10-12-27-13-11-26)19-4-2-3-5-20(19)22;2*3-2(4,5)1(6)7/h2-5,15,17,21H,6-14,16H2,1H3;2*(H,6,7). The number of benzene rings is 1. The maximum atomic E-state index is 10.6. The molecule has 9 nitrogen and oxygen atoms in total. The van der Waals surface area contributed by atoms with Crippen LogP contribution in [0, 0.1) is 0 Å². The van der Waals surface area contributed by atoms with Gasteiger partial charge in [-0.15, -0.1) is 0 Å². The largest absolute Gasteiger partial charge is 0.490 e. The normalized spacial score (nSPS) is 20.8. The Morgan fingerprint density at radius 2 is 1.51 bits per heavy atom. The molecule has 2 N–H and O–H groups in total. The van der Waals surface area contributed by atoms with E-state index >= 15 is 0 Å². The van der Waals surface area contributed by atoms with Crippen molar-refractivity contribution in [2.45, 2.75) is 49.6 Å². The molecule has 3 heterocycles. The lowest BCUT2D eigenvalue weighted by Crippen LogP contribution is -2.43. The van der Waals surface area contributed by atoms with Gasteiger partial charge in [0.15, 0.2) is 0 Å². The number of hydrogen-bond acceptors (Lipinski definition) is 6. The first-order chi connectivity index (χ1) is 19.1. The number of aliphatic carboxylic acids is 2. The molecule has 2 saturated heterocycles. The van der Waals surface area contributed by atoms with Crippen molar-refractivity contribution in [3.05, 3.63) is 53.6 Å². The molecule has 1 unspecified atom stereocenters. The van der Waals surface area contributed by atoms with Gasteiger partial charge in [-0.2, -0.15) is 26.3 Å². The smallest absolute Gasteiger partial charge is 0.475 e. The van der Waals surface area contributed by atoms with Crippen LogP contribution in [0.1, 0.15) is 42.1 Å². The van der Waals surface area contributed by atoms with Crippen LogP contribution < -0.4 is 0 Å². The monoisotopic (exact) mass is 594 g/mol. The van der Waals surface area contributed by atoms with Crippen LogP contribution in [0.25, 0.3) is 0 Å². The molecular formula is C26H32F6N4O5. The fourth-order valence-electron chi connectivity index (χ4n) is 5.45. The maximum Gasteiger partial charge on any atom is 0.490 e. The zero-order valence-electron chi connectivity index (χ0n) is 22.3. The van der Waals surface area contributed by atoms with Gasteiger partial charge in [0.2, 0.25) is 0 Å². The van der Waals surface area contributed by atoms with E-state index in [0.29, 0.717) is 11.5 Å². The molecule has 0 bridgehead atoms. The SMILES string of the molecule is Cn1cncc1CN1CCC2(CC1)CC(N1CCOCC1)c1ccccc12.O=C(O)C(F)(F)F.O=C(O)C(F)(F)F. The van der Waals surface area contributed by atoms with Crippen molar-refractivity contribution in [2.75, 3.05) is 39.4 Å². The van der Waals surface area contributed by atoms with Gasteiger partial charge >= 0.3 is 24.3 Å². The summed E-state index contributed by atoms with van der Waals surface area (Å²) in [6.45, 7) is 7.27. The minimum Gasteiger partial charge on any atom is -0.475 e. The Kier molecular flexibility index (Phi) is 10.4. The van der Waals surface area contributed by atoms with Crippen LogP contribution in [-0.2, 0) is 33.3 Å². The maximum absolute atomic E-state index is 10.6. The van der Waals surface area contributed by atoms with Crippen molar-refractivity contribution >= 4 is 11.9 Å². The third-order valence-electron chi connectivity index (χ3n) is 7.56. The van der Waals surface area contributed by atoms with Gasteiger partial charge in [0, 0.05) is 38.9 Å². The number of alkyl halides is 6. The third-order valence-corrected chi connectivity index (χ3v) is 7.56. The highest BCUT2D eigenvalue weighted by Crippen LogP contribution is 2.52. The van der Waals surface area contributed by atoms with Crippen LogP contribution in [0.4, 0.5) is 26.3 Å². The Hall–Kier alpha value is -3.17. The van der Waals surface area contributed by atoms with E-state index < -0.39 is 24.3 Å². The Balaban J connectivity index is 0.000000276. The van der Waals surface area contributed by atoms with Crippen molar-refractivity contribution in [1.29, 1.82) is 0 Å². The summed E-state index contributed by atoms with van der Waals surface area (Å²) in [5.74, 6) is -5.51. The number of hydrogen-bond donors (Lipinski definition) is 2. The molecule has 2 aliphatic heterocycles. The number of halogens is 6. The minimum atomic E-state index is -5.08. The van der Waals surface area contributed by atoms with E-state index in [4.69, 9.17) is 24.5 Å². The van der Waals surface area contributed by atoms with Gasteiger partial charge in [0.05, 0.1) is 25.2 Å². The van der Waals surface area contributed by atoms with Gasteiger partial charge in [0.25, 0.3) is 0 Å². The molecule has 228 valence electrons. The van der Waals surface area contributed by atoms with Crippen LogP contribution >= 0.6 is 0 Å². The number of carbonyl (C=O) groups is 2. The summed E-state index contributed by atoms with van der Waals surface area (Å²) >= 11 is 0. The number of nitrogens with zero attached hydrogens (tertiary/aromatic N) is 4. The number of aromatic nitrogens is 2. The van der Waals surface area contributed by atoms with E-state index in [9.17, 15) is 26.3 Å². The summed E-state index contributed by atoms with van der Waals surface area (Å²) in [7, 11) is 2.09. The topological polar surface area (TPSA) is 108 Å². The number of aryl methyl sites for hydroxylation is 1. The zero-order valence-corrected chi connectivity index (χ0v) is 22.3. The van der Waals surface area contributed by atoms with Crippen molar-refractivity contribution < 1.29 is 50.9 Å². The number of carboxylic acids is 2. The molecule has 5 rings (SSSR count). The van der Waals surface area contributed by atoms with Gasteiger partial charge in [-0.25, -0.2) is 14.6 Å². The first-order valence-electron chi connectivity index (χ1n) is 12.8.